The van der Waals surface area contributed by atoms with E-state index in [1.165, 1.54) is 7.11 Å². The average molecular weight is 618 g/mol. The summed E-state index contributed by atoms with van der Waals surface area (Å²) < 4.78 is 13.2. The molecular formula is C33H39N5O5S. The molecule has 1 unspecified atom stereocenters. The molecule has 0 bridgehead atoms. The number of ether oxygens (including phenoxy) is 2. The van der Waals surface area contributed by atoms with Gasteiger partial charge in [0.1, 0.15) is 17.7 Å². The lowest BCUT2D eigenvalue weighted by Gasteiger charge is -2.30. The molecular weight excluding hydrogens is 578 g/mol. The Labute approximate surface area is 262 Å². The molecule has 2 N–H and O–H groups in total. The van der Waals surface area contributed by atoms with E-state index < -0.39 is 29.6 Å². The van der Waals surface area contributed by atoms with Gasteiger partial charge in [0.25, 0.3) is 0 Å². The van der Waals surface area contributed by atoms with E-state index in [-0.39, 0.29) is 25.2 Å². The fraction of sp³-hybridized carbons (Fsp3) is 0.424. The van der Waals surface area contributed by atoms with Crippen molar-refractivity contribution in [2.45, 2.75) is 56.3 Å². The van der Waals surface area contributed by atoms with Crippen molar-refractivity contribution < 1.29 is 23.9 Å². The molecule has 1 aliphatic rings. The number of methoxy groups -OCH3 is 1. The fourth-order valence-corrected chi connectivity index (χ4v) is 5.76. The number of nitrogens with zero attached hydrogens (tertiary/aromatic N) is 3. The Hall–Kier alpha value is -3.98. The van der Waals surface area contributed by atoms with Gasteiger partial charge in [-0.2, -0.15) is 17.0 Å². The molecule has 1 saturated heterocycles. The molecule has 0 radical (unpaired) electrons. The van der Waals surface area contributed by atoms with E-state index in [4.69, 9.17) is 14.7 Å². The molecule has 2 aromatic carbocycles. The summed E-state index contributed by atoms with van der Waals surface area (Å²) in [5.74, 6) is -0.296. The lowest BCUT2D eigenvalue weighted by Crippen LogP contribution is -2.54. The zero-order valence-corrected chi connectivity index (χ0v) is 26.0. The van der Waals surface area contributed by atoms with Gasteiger partial charge in [0.05, 0.1) is 38.1 Å². The van der Waals surface area contributed by atoms with Gasteiger partial charge in [0, 0.05) is 24.9 Å². The molecule has 4 rings (SSSR count). The Kier molecular flexibility index (Phi) is 12.1. The molecule has 232 valence electrons. The lowest BCUT2D eigenvalue weighted by atomic mass is 9.90. The topological polar surface area (TPSA) is 135 Å². The number of carbonyl (C=O) groups is 3. The molecule has 1 aliphatic heterocycles. The number of benzene rings is 2. The first-order valence-corrected chi connectivity index (χ1v) is 16.1. The summed E-state index contributed by atoms with van der Waals surface area (Å²) in [6, 6.07) is 18.2. The first kappa shape index (κ1) is 32.9. The zero-order chi connectivity index (χ0) is 31.4. The van der Waals surface area contributed by atoms with Crippen LogP contribution in [0, 0.1) is 11.3 Å². The summed E-state index contributed by atoms with van der Waals surface area (Å²) >= 11 is 1.58. The van der Waals surface area contributed by atoms with Crippen LogP contribution in [0.25, 0.3) is 0 Å². The van der Waals surface area contributed by atoms with Crippen LogP contribution in [0.4, 0.5) is 0 Å². The van der Waals surface area contributed by atoms with Crippen molar-refractivity contribution in [2.24, 2.45) is 0 Å². The predicted molar refractivity (Wildman–Crippen MR) is 168 cm³/mol. The summed E-state index contributed by atoms with van der Waals surface area (Å²) in [6.45, 7) is 1.19. The second kappa shape index (κ2) is 16.2. The quantitative estimate of drug-likeness (QED) is 0.233. The molecule has 0 spiro atoms. The van der Waals surface area contributed by atoms with E-state index in [1.54, 1.807) is 36.4 Å². The number of hydrogen-bond donors (Lipinski definition) is 2. The SMILES string of the molecule is COC(=O)[C@@H](CCSC)NC(=O)C(Cc1ccccc1)OC[C@]1(C(=O)Cc2cncn2Cc2ccc(C#N)cc2)CCCN1. The largest absolute Gasteiger partial charge is 0.467 e. The number of amides is 1. The highest BCUT2D eigenvalue weighted by Crippen LogP contribution is 2.25. The maximum absolute atomic E-state index is 13.9. The molecule has 0 saturated carbocycles. The van der Waals surface area contributed by atoms with E-state index in [0.29, 0.717) is 37.2 Å². The number of imidazole rings is 1. The van der Waals surface area contributed by atoms with Crippen LogP contribution in [0.5, 0.6) is 0 Å². The highest BCUT2D eigenvalue weighted by Gasteiger charge is 2.42. The Morgan fingerprint density at radius 2 is 1.93 bits per heavy atom. The number of Topliss-reactive ketones (excluding diaryl/α,β-unsaturated/α-hetero) is 1. The lowest BCUT2D eigenvalue weighted by molar-refractivity contribution is -0.147. The highest BCUT2D eigenvalue weighted by molar-refractivity contribution is 7.98. The molecule has 1 aromatic heterocycles. The van der Waals surface area contributed by atoms with Gasteiger partial charge in [-0.3, -0.25) is 9.59 Å². The minimum atomic E-state index is -0.959. The molecule has 2 heterocycles. The smallest absolute Gasteiger partial charge is 0.328 e. The van der Waals surface area contributed by atoms with Crippen molar-refractivity contribution in [3.8, 4) is 6.07 Å². The Balaban J connectivity index is 1.48. The van der Waals surface area contributed by atoms with Crippen molar-refractivity contribution in [3.05, 3.63) is 89.5 Å². The Bertz CT molecular complexity index is 1430. The van der Waals surface area contributed by atoms with Gasteiger partial charge < -0.3 is 24.7 Å². The summed E-state index contributed by atoms with van der Waals surface area (Å²) in [5, 5.41) is 15.3. The van der Waals surface area contributed by atoms with Crippen molar-refractivity contribution in [1.29, 1.82) is 5.26 Å². The minimum Gasteiger partial charge on any atom is -0.467 e. The minimum absolute atomic E-state index is 0.00815. The van der Waals surface area contributed by atoms with Crippen LogP contribution in [0.15, 0.2) is 67.1 Å². The first-order chi connectivity index (χ1) is 21.4. The van der Waals surface area contributed by atoms with Gasteiger partial charge in [-0.15, -0.1) is 0 Å². The summed E-state index contributed by atoms with van der Waals surface area (Å²) in [7, 11) is 1.30. The standard InChI is InChI=1S/C33H39N5O5S/c1-42-32(41)28(13-16-44-2)37-31(40)29(17-24-7-4-3-5-8-24)43-22-33(14-6-15-36-33)30(39)18-27-20-35-23-38(27)21-26-11-9-25(19-34)10-12-26/h3-5,7-12,20,23,28-29,36H,6,13-18,21-22H2,1-2H3,(H,37,40)/t28-,29?,33+/m1/s1. The number of rotatable bonds is 16. The monoisotopic (exact) mass is 617 g/mol. The third-order valence-electron chi connectivity index (χ3n) is 7.85. The molecule has 10 nitrogen and oxygen atoms in total. The normalized spacial score (nSPS) is 17.4. The summed E-state index contributed by atoms with van der Waals surface area (Å²) in [6.07, 6.45) is 6.63. The van der Waals surface area contributed by atoms with Gasteiger partial charge in [-0.05, 0) is 61.1 Å². The fourth-order valence-electron chi connectivity index (χ4n) is 5.29. The van der Waals surface area contributed by atoms with Crippen molar-refractivity contribution in [2.75, 3.05) is 32.3 Å². The van der Waals surface area contributed by atoms with Crippen molar-refractivity contribution in [3.63, 3.8) is 0 Å². The van der Waals surface area contributed by atoms with E-state index in [2.05, 4.69) is 21.7 Å². The van der Waals surface area contributed by atoms with E-state index in [9.17, 15) is 14.4 Å². The van der Waals surface area contributed by atoms with Crippen LogP contribution in [-0.2, 0) is 43.2 Å². The third kappa shape index (κ3) is 8.78. The van der Waals surface area contributed by atoms with Gasteiger partial charge in [0.2, 0.25) is 5.91 Å². The molecule has 3 aromatic rings. The van der Waals surface area contributed by atoms with Crippen LogP contribution < -0.4 is 10.6 Å². The third-order valence-corrected chi connectivity index (χ3v) is 8.50. The van der Waals surface area contributed by atoms with Crippen LogP contribution in [0.3, 0.4) is 0 Å². The van der Waals surface area contributed by atoms with Gasteiger partial charge in [-0.1, -0.05) is 42.5 Å². The van der Waals surface area contributed by atoms with Gasteiger partial charge >= 0.3 is 5.97 Å². The molecule has 11 heteroatoms. The first-order valence-electron chi connectivity index (χ1n) is 14.7. The highest BCUT2D eigenvalue weighted by atomic mass is 32.2. The number of hydrogen-bond acceptors (Lipinski definition) is 9. The maximum Gasteiger partial charge on any atom is 0.328 e. The Morgan fingerprint density at radius 1 is 1.16 bits per heavy atom. The number of ketones is 1. The number of esters is 1. The van der Waals surface area contributed by atoms with Gasteiger partial charge in [-0.25, -0.2) is 9.78 Å². The average Bonchev–Trinajstić information content (AvgIpc) is 3.72. The van der Waals surface area contributed by atoms with E-state index in [0.717, 1.165) is 23.2 Å². The molecule has 0 aliphatic carbocycles. The second-order valence-electron chi connectivity index (χ2n) is 10.9. The molecule has 1 fully saturated rings. The maximum atomic E-state index is 13.9. The van der Waals surface area contributed by atoms with E-state index >= 15 is 0 Å². The van der Waals surface area contributed by atoms with Crippen LogP contribution in [0.1, 0.15) is 41.6 Å². The summed E-state index contributed by atoms with van der Waals surface area (Å²) in [5.41, 5.74) is 2.28. The summed E-state index contributed by atoms with van der Waals surface area (Å²) in [4.78, 5) is 44.1. The Morgan fingerprint density at radius 3 is 2.59 bits per heavy atom. The number of nitrogens with one attached hydrogen (secondary N) is 2. The van der Waals surface area contributed by atoms with Crippen LogP contribution >= 0.6 is 11.8 Å². The van der Waals surface area contributed by atoms with Crippen LogP contribution in [0.2, 0.25) is 0 Å². The number of carbonyl (C=O) groups excluding carboxylic acids is 3. The molecule has 1 amide bonds. The predicted octanol–water partition coefficient (Wildman–Crippen LogP) is 3.08. The number of nitriles is 1. The zero-order valence-electron chi connectivity index (χ0n) is 25.2. The number of aromatic nitrogens is 2. The molecule has 44 heavy (non-hydrogen) atoms. The second-order valence-corrected chi connectivity index (χ2v) is 11.9. The van der Waals surface area contributed by atoms with Crippen LogP contribution in [-0.4, -0.2) is 77.2 Å². The van der Waals surface area contributed by atoms with Crippen molar-refractivity contribution >= 4 is 29.4 Å². The van der Waals surface area contributed by atoms with E-state index in [1.807, 2.05) is 53.3 Å². The van der Waals surface area contributed by atoms with Crippen molar-refractivity contribution in [1.82, 2.24) is 20.2 Å². The molecule has 3 atom stereocenters. The van der Waals surface area contributed by atoms with Gasteiger partial charge in [0.15, 0.2) is 5.78 Å². The number of thioether (sulfide) groups is 1.